The van der Waals surface area contributed by atoms with Crippen LogP contribution in [0.4, 0.5) is 0 Å². The zero-order valence-corrected chi connectivity index (χ0v) is 12.9. The Hall–Kier alpha value is -2.00. The molecule has 1 amide bonds. The normalized spacial score (nSPS) is 11.8. The molecule has 0 aliphatic heterocycles. The summed E-state index contributed by atoms with van der Waals surface area (Å²) in [6.45, 7) is 2.66. The number of ether oxygens (including phenoxy) is 1. The van der Waals surface area contributed by atoms with E-state index in [-0.39, 0.29) is 11.8 Å². The fraction of sp³-hybridized carbons (Fsp3) is 0.235. The molecule has 2 rings (SSSR count). The molecule has 0 aliphatic carbocycles. The Morgan fingerprint density at radius 2 is 1.95 bits per heavy atom. The van der Waals surface area contributed by atoms with Crippen LogP contribution in [-0.4, -0.2) is 19.6 Å². The number of rotatable bonds is 5. The molecule has 110 valence electrons. The van der Waals surface area contributed by atoms with Crippen molar-refractivity contribution in [3.05, 3.63) is 64.7 Å². The highest BCUT2D eigenvalue weighted by atomic mass is 35.5. The summed E-state index contributed by atoms with van der Waals surface area (Å²) in [6, 6.07) is 15.1. The average Bonchev–Trinajstić information content (AvgIpc) is 2.53. The molecule has 0 aliphatic rings. The van der Waals surface area contributed by atoms with Gasteiger partial charge in [-0.25, -0.2) is 0 Å². The number of hydrogen-bond donors (Lipinski definition) is 1. The van der Waals surface area contributed by atoms with E-state index in [1.807, 2.05) is 18.2 Å². The molecule has 3 nitrogen and oxygen atoms in total. The molecular formula is C17H18ClNO2. The van der Waals surface area contributed by atoms with Crippen LogP contribution in [0.25, 0.3) is 0 Å². The number of methoxy groups -OCH3 is 1. The number of carbonyl (C=O) groups excluding carboxylic acids is 1. The molecule has 1 unspecified atom stereocenters. The lowest BCUT2D eigenvalue weighted by Crippen LogP contribution is -2.27. The van der Waals surface area contributed by atoms with Gasteiger partial charge in [0.1, 0.15) is 5.75 Å². The van der Waals surface area contributed by atoms with Gasteiger partial charge >= 0.3 is 0 Å². The van der Waals surface area contributed by atoms with Crippen LogP contribution < -0.4 is 10.1 Å². The second-order valence-corrected chi connectivity index (χ2v) is 5.28. The summed E-state index contributed by atoms with van der Waals surface area (Å²) in [5, 5.41) is 3.36. The maximum atomic E-state index is 12.1. The van der Waals surface area contributed by atoms with Crippen LogP contribution in [0.2, 0.25) is 5.02 Å². The van der Waals surface area contributed by atoms with Crippen molar-refractivity contribution < 1.29 is 9.53 Å². The predicted octanol–water partition coefficient (Wildman–Crippen LogP) is 3.88. The van der Waals surface area contributed by atoms with Crippen LogP contribution in [0.1, 0.15) is 28.8 Å². The van der Waals surface area contributed by atoms with E-state index in [1.165, 1.54) is 5.56 Å². The van der Waals surface area contributed by atoms with Crippen molar-refractivity contribution in [1.82, 2.24) is 5.32 Å². The zero-order chi connectivity index (χ0) is 15.2. The summed E-state index contributed by atoms with van der Waals surface area (Å²) in [5.74, 6) is 0.678. The smallest absolute Gasteiger partial charge is 0.251 e. The van der Waals surface area contributed by atoms with Crippen molar-refractivity contribution >= 4 is 17.5 Å². The number of benzene rings is 2. The summed E-state index contributed by atoms with van der Waals surface area (Å²) >= 11 is 6.03. The van der Waals surface area contributed by atoms with Gasteiger partial charge in [0.25, 0.3) is 5.91 Å². The number of carbonyl (C=O) groups is 1. The Kier molecular flexibility index (Phi) is 5.23. The van der Waals surface area contributed by atoms with Crippen LogP contribution >= 0.6 is 11.6 Å². The van der Waals surface area contributed by atoms with Gasteiger partial charge in [0, 0.05) is 12.1 Å². The summed E-state index contributed by atoms with van der Waals surface area (Å²) in [4.78, 5) is 12.1. The molecule has 0 bridgehead atoms. The van der Waals surface area contributed by atoms with Crippen molar-refractivity contribution in [2.75, 3.05) is 13.7 Å². The zero-order valence-electron chi connectivity index (χ0n) is 12.1. The minimum Gasteiger partial charge on any atom is -0.495 e. The van der Waals surface area contributed by atoms with E-state index in [1.54, 1.807) is 25.3 Å². The van der Waals surface area contributed by atoms with Crippen LogP contribution in [0.15, 0.2) is 48.5 Å². The van der Waals surface area contributed by atoms with E-state index in [9.17, 15) is 4.79 Å². The first-order valence-corrected chi connectivity index (χ1v) is 7.16. The first-order chi connectivity index (χ1) is 10.1. The maximum absolute atomic E-state index is 12.1. The van der Waals surface area contributed by atoms with E-state index >= 15 is 0 Å². The van der Waals surface area contributed by atoms with E-state index in [4.69, 9.17) is 16.3 Å². The van der Waals surface area contributed by atoms with E-state index in [0.717, 1.165) is 0 Å². The lowest BCUT2D eigenvalue weighted by atomic mass is 10.0. The molecule has 0 spiro atoms. The molecule has 2 aromatic rings. The van der Waals surface area contributed by atoms with Crippen molar-refractivity contribution in [3.8, 4) is 5.75 Å². The standard InChI is InChI=1S/C17H18ClNO2/c1-12(13-6-4-3-5-7-13)11-19-17(20)14-8-9-16(21-2)15(18)10-14/h3-10,12H,11H2,1-2H3,(H,19,20). The van der Waals surface area contributed by atoms with Gasteiger partial charge in [-0.05, 0) is 29.7 Å². The predicted molar refractivity (Wildman–Crippen MR) is 85.2 cm³/mol. The van der Waals surface area contributed by atoms with Gasteiger partial charge in [0.2, 0.25) is 0 Å². The maximum Gasteiger partial charge on any atom is 0.251 e. The summed E-state index contributed by atoms with van der Waals surface area (Å²) < 4.78 is 5.07. The molecule has 1 N–H and O–H groups in total. The van der Waals surface area contributed by atoms with Gasteiger partial charge in [0.15, 0.2) is 0 Å². The van der Waals surface area contributed by atoms with Crippen LogP contribution in [0, 0.1) is 0 Å². The van der Waals surface area contributed by atoms with Gasteiger partial charge in [-0.1, -0.05) is 48.9 Å². The van der Waals surface area contributed by atoms with E-state index < -0.39 is 0 Å². The lowest BCUT2D eigenvalue weighted by molar-refractivity contribution is 0.0951. The molecule has 0 radical (unpaired) electrons. The molecule has 0 heterocycles. The summed E-state index contributed by atoms with van der Waals surface area (Å²) in [7, 11) is 1.54. The Bertz CT molecular complexity index is 613. The number of nitrogens with one attached hydrogen (secondary N) is 1. The fourth-order valence-corrected chi connectivity index (χ4v) is 2.31. The minimum absolute atomic E-state index is 0.137. The van der Waals surface area contributed by atoms with Crippen molar-refractivity contribution in [1.29, 1.82) is 0 Å². The Labute approximate surface area is 129 Å². The van der Waals surface area contributed by atoms with Crippen LogP contribution in [-0.2, 0) is 0 Å². The minimum atomic E-state index is -0.137. The third-order valence-electron chi connectivity index (χ3n) is 3.35. The number of hydrogen-bond acceptors (Lipinski definition) is 2. The van der Waals surface area contributed by atoms with Crippen molar-refractivity contribution in [2.45, 2.75) is 12.8 Å². The van der Waals surface area contributed by atoms with Gasteiger partial charge in [-0.2, -0.15) is 0 Å². The molecular weight excluding hydrogens is 286 g/mol. The first kappa shape index (κ1) is 15.4. The molecule has 0 saturated heterocycles. The number of amides is 1. The fourth-order valence-electron chi connectivity index (χ4n) is 2.05. The highest BCUT2D eigenvalue weighted by Crippen LogP contribution is 2.24. The van der Waals surface area contributed by atoms with Gasteiger partial charge in [0.05, 0.1) is 12.1 Å². The lowest BCUT2D eigenvalue weighted by Gasteiger charge is -2.13. The Morgan fingerprint density at radius 3 is 2.57 bits per heavy atom. The SMILES string of the molecule is COc1ccc(C(=O)NCC(C)c2ccccc2)cc1Cl. The topological polar surface area (TPSA) is 38.3 Å². The molecule has 2 aromatic carbocycles. The van der Waals surface area contributed by atoms with Crippen molar-refractivity contribution in [2.24, 2.45) is 0 Å². The van der Waals surface area contributed by atoms with Gasteiger partial charge < -0.3 is 10.1 Å². The molecule has 4 heteroatoms. The third kappa shape index (κ3) is 3.99. The van der Waals surface area contributed by atoms with Crippen molar-refractivity contribution in [3.63, 3.8) is 0 Å². The molecule has 0 saturated carbocycles. The second-order valence-electron chi connectivity index (χ2n) is 4.87. The second kappa shape index (κ2) is 7.14. The molecule has 21 heavy (non-hydrogen) atoms. The van der Waals surface area contributed by atoms with Crippen LogP contribution in [0.5, 0.6) is 5.75 Å². The third-order valence-corrected chi connectivity index (χ3v) is 3.65. The number of halogens is 1. The quantitative estimate of drug-likeness (QED) is 0.910. The van der Waals surface area contributed by atoms with Gasteiger partial charge in [-0.3, -0.25) is 4.79 Å². The highest BCUT2D eigenvalue weighted by Gasteiger charge is 2.11. The first-order valence-electron chi connectivity index (χ1n) is 6.78. The average molecular weight is 304 g/mol. The summed E-state index contributed by atoms with van der Waals surface area (Å²) in [5.41, 5.74) is 1.73. The van der Waals surface area contributed by atoms with Crippen LogP contribution in [0.3, 0.4) is 0 Å². The Balaban J connectivity index is 1.97. The summed E-state index contributed by atoms with van der Waals surface area (Å²) in [6.07, 6.45) is 0. The highest BCUT2D eigenvalue weighted by molar-refractivity contribution is 6.32. The molecule has 0 fully saturated rings. The largest absolute Gasteiger partial charge is 0.495 e. The van der Waals surface area contributed by atoms with E-state index in [2.05, 4.69) is 24.4 Å². The monoisotopic (exact) mass is 303 g/mol. The molecule has 0 aromatic heterocycles. The van der Waals surface area contributed by atoms with E-state index in [0.29, 0.717) is 22.9 Å². The Morgan fingerprint density at radius 1 is 1.24 bits per heavy atom. The van der Waals surface area contributed by atoms with Gasteiger partial charge in [-0.15, -0.1) is 0 Å². The molecule has 1 atom stereocenters.